The molecule has 2 aliphatic heterocycles. The van der Waals surface area contributed by atoms with Crippen LogP contribution in [0.3, 0.4) is 0 Å². The van der Waals surface area contributed by atoms with E-state index in [1.165, 1.54) is 24.7 Å². The Balaban J connectivity index is 1.21. The van der Waals surface area contributed by atoms with E-state index in [0.717, 1.165) is 38.9 Å². The maximum Gasteiger partial charge on any atom is 0.310 e. The van der Waals surface area contributed by atoms with Crippen molar-refractivity contribution in [2.24, 2.45) is 23.2 Å². The number of ether oxygens (including phenoxy) is 1. The third-order valence-electron chi connectivity index (χ3n) is 8.17. The van der Waals surface area contributed by atoms with Crippen LogP contribution in [0.2, 0.25) is 0 Å². The van der Waals surface area contributed by atoms with Gasteiger partial charge in [0.1, 0.15) is 6.10 Å². The quantitative estimate of drug-likeness (QED) is 0.563. The number of allylic oxidation sites excluding steroid dienone is 1. The van der Waals surface area contributed by atoms with Gasteiger partial charge in [0.15, 0.2) is 5.76 Å². The van der Waals surface area contributed by atoms with Crippen LogP contribution in [0.25, 0.3) is 0 Å². The molecule has 6 nitrogen and oxygen atoms in total. The Morgan fingerprint density at radius 3 is 2.83 bits per heavy atom. The van der Waals surface area contributed by atoms with E-state index in [4.69, 9.17) is 9.15 Å². The first-order chi connectivity index (χ1) is 14.4. The molecule has 2 aliphatic carbocycles. The summed E-state index contributed by atoms with van der Waals surface area (Å²) in [6.45, 7) is 10.4. The fourth-order valence-corrected chi connectivity index (χ4v) is 6.43. The second-order valence-electron chi connectivity index (χ2n) is 9.97. The van der Waals surface area contributed by atoms with Crippen molar-refractivity contribution in [1.82, 2.24) is 9.80 Å². The Labute approximate surface area is 178 Å². The molecular formula is C24H32N2O4. The molecule has 30 heavy (non-hydrogen) atoms. The Hall–Kier alpha value is -2.08. The van der Waals surface area contributed by atoms with E-state index in [1.807, 2.05) is 4.90 Å². The van der Waals surface area contributed by atoms with Crippen LogP contribution in [0.5, 0.6) is 0 Å². The van der Waals surface area contributed by atoms with Gasteiger partial charge in [-0.05, 0) is 55.6 Å². The standard InChI is InChI=1S/C24H32N2O4/c1-16-5-3-7-24(2)14-21-17(13-19(16)24)18(23(28)30-21)15-25-8-10-26(11-9-25)22(27)20-6-4-12-29-20/h4,6,12,17-19,21H,1,3,5,7-11,13-15H2,2H3/t17-,18-,19-,21-,24-/m1/s1. The van der Waals surface area contributed by atoms with Gasteiger partial charge in [0.05, 0.1) is 12.2 Å². The first kappa shape index (κ1) is 19.9. The van der Waals surface area contributed by atoms with Crippen molar-refractivity contribution in [3.05, 3.63) is 36.3 Å². The van der Waals surface area contributed by atoms with Crippen LogP contribution >= 0.6 is 0 Å². The van der Waals surface area contributed by atoms with E-state index in [0.29, 0.717) is 30.7 Å². The maximum atomic E-state index is 12.8. The summed E-state index contributed by atoms with van der Waals surface area (Å²) in [5, 5.41) is 0. The lowest BCUT2D eigenvalue weighted by atomic mass is 9.55. The number of rotatable bonds is 3. The minimum atomic E-state index is -0.0541. The minimum absolute atomic E-state index is 0.0213. The fourth-order valence-electron chi connectivity index (χ4n) is 6.43. The lowest BCUT2D eigenvalue weighted by Gasteiger charge is -2.50. The Bertz CT molecular complexity index is 826. The molecule has 4 fully saturated rings. The molecule has 4 aliphatic rings. The number of esters is 1. The Kier molecular flexibility index (Phi) is 5.00. The molecule has 2 saturated heterocycles. The summed E-state index contributed by atoms with van der Waals surface area (Å²) in [4.78, 5) is 29.4. The second-order valence-corrected chi connectivity index (χ2v) is 9.97. The third kappa shape index (κ3) is 3.39. The number of piperazine rings is 1. The maximum absolute atomic E-state index is 12.8. The van der Waals surface area contributed by atoms with Gasteiger partial charge >= 0.3 is 5.97 Å². The zero-order valence-electron chi connectivity index (χ0n) is 17.8. The third-order valence-corrected chi connectivity index (χ3v) is 8.17. The molecular weight excluding hydrogens is 380 g/mol. The van der Waals surface area contributed by atoms with Gasteiger partial charge in [0.2, 0.25) is 0 Å². The van der Waals surface area contributed by atoms with Gasteiger partial charge in [-0.1, -0.05) is 19.1 Å². The van der Waals surface area contributed by atoms with E-state index in [-0.39, 0.29) is 29.3 Å². The number of hydrogen-bond donors (Lipinski definition) is 0. The highest BCUT2D eigenvalue weighted by Gasteiger charge is 2.55. The van der Waals surface area contributed by atoms with E-state index >= 15 is 0 Å². The smallest absolute Gasteiger partial charge is 0.310 e. The number of nitrogens with zero attached hydrogens (tertiary/aromatic N) is 2. The van der Waals surface area contributed by atoms with Gasteiger partial charge in [-0.3, -0.25) is 14.5 Å². The first-order valence-corrected chi connectivity index (χ1v) is 11.4. The summed E-state index contributed by atoms with van der Waals surface area (Å²) in [5.74, 6) is 1.08. The van der Waals surface area contributed by atoms with Crippen LogP contribution in [0.15, 0.2) is 35.0 Å². The van der Waals surface area contributed by atoms with Crippen molar-refractivity contribution in [1.29, 1.82) is 0 Å². The van der Waals surface area contributed by atoms with Crippen LogP contribution < -0.4 is 0 Å². The van der Waals surface area contributed by atoms with Gasteiger partial charge in [-0.15, -0.1) is 0 Å². The molecule has 5 rings (SSSR count). The molecule has 162 valence electrons. The molecule has 0 spiro atoms. The monoisotopic (exact) mass is 412 g/mol. The number of fused-ring (bicyclic) bond motifs is 2. The summed E-state index contributed by atoms with van der Waals surface area (Å²) >= 11 is 0. The molecule has 6 heteroatoms. The summed E-state index contributed by atoms with van der Waals surface area (Å²) in [5.41, 5.74) is 1.62. The van der Waals surface area contributed by atoms with Gasteiger partial charge in [-0.25, -0.2) is 0 Å². The minimum Gasteiger partial charge on any atom is -0.462 e. The van der Waals surface area contributed by atoms with Gasteiger partial charge in [-0.2, -0.15) is 0 Å². The molecule has 0 bridgehead atoms. The molecule has 2 saturated carbocycles. The molecule has 1 aromatic heterocycles. The van der Waals surface area contributed by atoms with Crippen molar-refractivity contribution < 1.29 is 18.7 Å². The molecule has 3 heterocycles. The molecule has 0 unspecified atom stereocenters. The average molecular weight is 413 g/mol. The van der Waals surface area contributed by atoms with E-state index in [2.05, 4.69) is 18.4 Å². The van der Waals surface area contributed by atoms with Crippen molar-refractivity contribution in [3.8, 4) is 0 Å². The van der Waals surface area contributed by atoms with Crippen LogP contribution in [-0.2, 0) is 9.53 Å². The summed E-state index contributed by atoms with van der Waals surface area (Å²) < 4.78 is 11.1. The van der Waals surface area contributed by atoms with E-state index in [1.54, 1.807) is 12.1 Å². The zero-order chi connectivity index (χ0) is 20.9. The second kappa shape index (κ2) is 7.56. The fraction of sp³-hybridized carbons (Fsp3) is 0.667. The highest BCUT2D eigenvalue weighted by Crippen LogP contribution is 2.56. The molecule has 0 aromatic carbocycles. The number of carbonyl (C=O) groups excluding carboxylic acids is 2. The van der Waals surface area contributed by atoms with Crippen molar-refractivity contribution in [3.63, 3.8) is 0 Å². The van der Waals surface area contributed by atoms with Crippen LogP contribution in [0.1, 0.15) is 49.6 Å². The van der Waals surface area contributed by atoms with Crippen molar-refractivity contribution in [2.75, 3.05) is 32.7 Å². The van der Waals surface area contributed by atoms with Gasteiger partial charge < -0.3 is 14.1 Å². The van der Waals surface area contributed by atoms with Crippen LogP contribution in [-0.4, -0.2) is 60.5 Å². The summed E-state index contributed by atoms with van der Waals surface area (Å²) in [6.07, 6.45) is 7.17. The summed E-state index contributed by atoms with van der Waals surface area (Å²) in [7, 11) is 0. The van der Waals surface area contributed by atoms with E-state index in [9.17, 15) is 9.59 Å². The van der Waals surface area contributed by atoms with Gasteiger partial charge in [0, 0.05) is 38.6 Å². The average Bonchev–Trinajstić information content (AvgIpc) is 3.35. The van der Waals surface area contributed by atoms with E-state index < -0.39 is 0 Å². The van der Waals surface area contributed by atoms with Crippen molar-refractivity contribution >= 4 is 11.9 Å². The molecule has 0 radical (unpaired) electrons. The van der Waals surface area contributed by atoms with Crippen LogP contribution in [0.4, 0.5) is 0 Å². The lowest BCUT2D eigenvalue weighted by molar-refractivity contribution is -0.146. The molecule has 1 aromatic rings. The number of hydrogen-bond acceptors (Lipinski definition) is 5. The predicted octanol–water partition coefficient (Wildman–Crippen LogP) is 3.35. The predicted molar refractivity (Wildman–Crippen MR) is 112 cm³/mol. The molecule has 5 atom stereocenters. The number of amides is 1. The molecule has 1 amide bonds. The van der Waals surface area contributed by atoms with Crippen molar-refractivity contribution in [2.45, 2.75) is 45.1 Å². The Morgan fingerprint density at radius 1 is 1.30 bits per heavy atom. The number of carbonyl (C=O) groups is 2. The number of furan rings is 1. The SMILES string of the molecule is C=C1CCC[C@]2(C)C[C@H]3OC(=O)[C@H](CN4CCN(C(=O)c5ccco5)CC4)[C@H]3C[C@H]12. The largest absolute Gasteiger partial charge is 0.462 e. The Morgan fingerprint density at radius 2 is 2.10 bits per heavy atom. The topological polar surface area (TPSA) is 63.0 Å². The van der Waals surface area contributed by atoms with Crippen LogP contribution in [0, 0.1) is 23.2 Å². The lowest BCUT2D eigenvalue weighted by Crippen LogP contribution is -2.51. The zero-order valence-corrected chi connectivity index (χ0v) is 17.8. The summed E-state index contributed by atoms with van der Waals surface area (Å²) in [6, 6.07) is 3.45. The highest BCUT2D eigenvalue weighted by atomic mass is 16.6. The van der Waals surface area contributed by atoms with Gasteiger partial charge in [0.25, 0.3) is 5.91 Å². The molecule has 0 N–H and O–H groups in total. The normalized spacial score (nSPS) is 36.9. The highest BCUT2D eigenvalue weighted by molar-refractivity contribution is 5.91. The first-order valence-electron chi connectivity index (χ1n) is 11.4.